The van der Waals surface area contributed by atoms with Gasteiger partial charge in [-0.25, -0.2) is 8.42 Å². The summed E-state index contributed by atoms with van der Waals surface area (Å²) < 4.78 is 26.5. The van der Waals surface area contributed by atoms with Crippen molar-refractivity contribution in [2.24, 2.45) is 0 Å². The van der Waals surface area contributed by atoms with E-state index in [1.54, 1.807) is 12.1 Å². The highest BCUT2D eigenvalue weighted by molar-refractivity contribution is 7.92. The molecule has 0 fully saturated rings. The van der Waals surface area contributed by atoms with Crippen molar-refractivity contribution in [2.45, 2.75) is 46.2 Å². The Hall–Kier alpha value is -2.87. The van der Waals surface area contributed by atoms with Crippen LogP contribution in [0.1, 0.15) is 37.0 Å². The van der Waals surface area contributed by atoms with Crippen LogP contribution in [0.2, 0.25) is 0 Å². The third-order valence-electron chi connectivity index (χ3n) is 5.39. The Morgan fingerprint density at radius 3 is 2.31 bits per heavy atom. The molecule has 1 N–H and O–H groups in total. The highest BCUT2D eigenvalue weighted by atomic mass is 32.2. The first-order valence-electron chi connectivity index (χ1n) is 10.7. The summed E-state index contributed by atoms with van der Waals surface area (Å²) in [4.78, 5) is 27.6. The maximum atomic E-state index is 13.5. The molecule has 0 aliphatic heterocycles. The van der Waals surface area contributed by atoms with E-state index in [4.69, 9.17) is 0 Å². The van der Waals surface area contributed by atoms with Crippen molar-refractivity contribution in [1.82, 2.24) is 10.2 Å². The third-order valence-corrected chi connectivity index (χ3v) is 6.51. The molecule has 174 valence electrons. The molecular weight excluding hydrogens is 426 g/mol. The topological polar surface area (TPSA) is 86.8 Å². The molecule has 0 aliphatic rings. The van der Waals surface area contributed by atoms with Gasteiger partial charge in [-0.3, -0.25) is 13.9 Å². The second-order valence-electron chi connectivity index (χ2n) is 7.80. The van der Waals surface area contributed by atoms with Crippen LogP contribution in [0.4, 0.5) is 5.69 Å². The molecule has 0 aromatic heterocycles. The number of anilines is 1. The fourth-order valence-electron chi connectivity index (χ4n) is 3.74. The Bertz CT molecular complexity index is 1050. The number of para-hydroxylation sites is 1. The number of benzene rings is 2. The smallest absolute Gasteiger partial charge is 0.244 e. The molecule has 2 aromatic rings. The average Bonchev–Trinajstić information content (AvgIpc) is 2.76. The third kappa shape index (κ3) is 6.32. The summed E-state index contributed by atoms with van der Waals surface area (Å²) in [6.45, 7) is 5.55. The lowest BCUT2D eigenvalue weighted by Crippen LogP contribution is -2.51. The number of carbonyl (C=O) groups excluding carboxylic acids is 2. The van der Waals surface area contributed by atoms with Crippen LogP contribution in [-0.2, 0) is 32.6 Å². The first-order valence-corrected chi connectivity index (χ1v) is 12.6. The van der Waals surface area contributed by atoms with Gasteiger partial charge in [-0.1, -0.05) is 61.9 Å². The van der Waals surface area contributed by atoms with Crippen molar-refractivity contribution in [2.75, 3.05) is 24.2 Å². The number of rotatable bonds is 10. The Kier molecular flexibility index (Phi) is 8.83. The predicted molar refractivity (Wildman–Crippen MR) is 128 cm³/mol. The quantitative estimate of drug-likeness (QED) is 0.592. The number of carbonyl (C=O) groups is 2. The Morgan fingerprint density at radius 2 is 1.75 bits per heavy atom. The minimum absolute atomic E-state index is 0.208. The van der Waals surface area contributed by atoms with Gasteiger partial charge in [-0.05, 0) is 37.0 Å². The number of nitrogens with one attached hydrogen (secondary N) is 1. The Labute approximate surface area is 191 Å². The lowest BCUT2D eigenvalue weighted by Gasteiger charge is -2.33. The van der Waals surface area contributed by atoms with Crippen LogP contribution < -0.4 is 9.62 Å². The number of likely N-dealkylation sites (N-methyl/N-ethyl adjacent to an activating group) is 1. The zero-order valence-corrected chi connectivity index (χ0v) is 20.3. The van der Waals surface area contributed by atoms with Gasteiger partial charge in [0.25, 0.3) is 0 Å². The highest BCUT2D eigenvalue weighted by Gasteiger charge is 2.31. The summed E-state index contributed by atoms with van der Waals surface area (Å²) in [5.74, 6) is -0.716. The molecule has 0 saturated carbocycles. The normalized spacial score (nSPS) is 12.2. The molecule has 2 rings (SSSR count). The summed E-state index contributed by atoms with van der Waals surface area (Å²) in [5.41, 5.74) is 3.22. The fraction of sp³-hybridized carbons (Fsp3) is 0.417. The first kappa shape index (κ1) is 25.4. The molecule has 0 saturated heterocycles. The molecule has 1 atom stereocenters. The molecule has 2 amide bonds. The summed E-state index contributed by atoms with van der Waals surface area (Å²) in [5, 5.41) is 2.62. The van der Waals surface area contributed by atoms with E-state index >= 15 is 0 Å². The zero-order chi connectivity index (χ0) is 23.9. The summed E-state index contributed by atoms with van der Waals surface area (Å²) >= 11 is 0. The highest BCUT2D eigenvalue weighted by Crippen LogP contribution is 2.24. The second-order valence-corrected chi connectivity index (χ2v) is 9.71. The number of aryl methyl sites for hydroxylation is 2. The molecule has 0 unspecified atom stereocenters. The van der Waals surface area contributed by atoms with E-state index in [0.717, 1.165) is 27.3 Å². The maximum Gasteiger partial charge on any atom is 0.244 e. The molecule has 32 heavy (non-hydrogen) atoms. The van der Waals surface area contributed by atoms with Crippen LogP contribution in [0.15, 0.2) is 48.5 Å². The van der Waals surface area contributed by atoms with Crippen LogP contribution in [0.3, 0.4) is 0 Å². The molecule has 0 heterocycles. The van der Waals surface area contributed by atoms with E-state index in [-0.39, 0.29) is 19.0 Å². The SMILES string of the molecule is CCc1ccccc1N(CC(=O)N(Cc1cccc(C)c1)[C@H](CC)C(=O)NC)S(C)(=O)=O. The molecule has 7 nitrogen and oxygen atoms in total. The molecule has 0 aliphatic carbocycles. The number of nitrogens with zero attached hydrogens (tertiary/aromatic N) is 2. The van der Waals surface area contributed by atoms with E-state index in [1.165, 1.54) is 11.9 Å². The van der Waals surface area contributed by atoms with Gasteiger partial charge < -0.3 is 10.2 Å². The lowest BCUT2D eigenvalue weighted by molar-refractivity contribution is -0.140. The van der Waals surface area contributed by atoms with E-state index in [9.17, 15) is 18.0 Å². The fourth-order valence-corrected chi connectivity index (χ4v) is 4.62. The molecule has 0 radical (unpaired) electrons. The van der Waals surface area contributed by atoms with Crippen LogP contribution in [0.25, 0.3) is 0 Å². The number of sulfonamides is 1. The van der Waals surface area contributed by atoms with Crippen LogP contribution >= 0.6 is 0 Å². The largest absolute Gasteiger partial charge is 0.357 e. The van der Waals surface area contributed by atoms with Crippen molar-refractivity contribution >= 4 is 27.5 Å². The van der Waals surface area contributed by atoms with Crippen molar-refractivity contribution < 1.29 is 18.0 Å². The van der Waals surface area contributed by atoms with Crippen molar-refractivity contribution in [3.63, 3.8) is 0 Å². The molecular formula is C24H33N3O4S. The maximum absolute atomic E-state index is 13.5. The summed E-state index contributed by atoms with van der Waals surface area (Å²) in [7, 11) is -2.20. The standard InChI is InChI=1S/C24H33N3O4S/c1-6-20-13-8-9-14-22(20)27(32(5,30)31)17-23(28)26(21(7-2)24(29)25-4)16-19-12-10-11-18(3)15-19/h8-15,21H,6-7,16-17H2,1-5H3,(H,25,29)/t21-/m1/s1. The van der Waals surface area contributed by atoms with E-state index < -0.39 is 22.0 Å². The minimum Gasteiger partial charge on any atom is -0.357 e. The van der Waals surface area contributed by atoms with Gasteiger partial charge >= 0.3 is 0 Å². The molecule has 8 heteroatoms. The predicted octanol–water partition coefficient (Wildman–Crippen LogP) is 2.88. The average molecular weight is 460 g/mol. The first-order chi connectivity index (χ1) is 15.1. The van der Waals surface area contributed by atoms with Crippen molar-refractivity contribution in [3.05, 3.63) is 65.2 Å². The van der Waals surface area contributed by atoms with Crippen molar-refractivity contribution in [3.8, 4) is 0 Å². The number of amides is 2. The van der Waals surface area contributed by atoms with E-state index in [1.807, 2.05) is 57.2 Å². The van der Waals surface area contributed by atoms with Gasteiger partial charge in [0.05, 0.1) is 11.9 Å². The van der Waals surface area contributed by atoms with Gasteiger partial charge in [-0.15, -0.1) is 0 Å². The monoisotopic (exact) mass is 459 g/mol. The van der Waals surface area contributed by atoms with Gasteiger partial charge in [0, 0.05) is 13.6 Å². The zero-order valence-electron chi connectivity index (χ0n) is 19.5. The Morgan fingerprint density at radius 1 is 1.06 bits per heavy atom. The van der Waals surface area contributed by atoms with Gasteiger partial charge in [0.2, 0.25) is 21.8 Å². The Balaban J connectivity index is 2.47. The van der Waals surface area contributed by atoms with Crippen LogP contribution in [0.5, 0.6) is 0 Å². The summed E-state index contributed by atoms with van der Waals surface area (Å²) in [6, 6.07) is 14.1. The minimum atomic E-state index is -3.73. The van der Waals surface area contributed by atoms with E-state index in [2.05, 4.69) is 5.32 Å². The van der Waals surface area contributed by atoms with E-state index in [0.29, 0.717) is 18.5 Å². The van der Waals surface area contributed by atoms with Crippen molar-refractivity contribution in [1.29, 1.82) is 0 Å². The summed E-state index contributed by atoms with van der Waals surface area (Å²) in [6.07, 6.45) is 2.12. The van der Waals surface area contributed by atoms with Crippen LogP contribution in [0, 0.1) is 6.92 Å². The van der Waals surface area contributed by atoms with Gasteiger partial charge in [0.1, 0.15) is 12.6 Å². The second kappa shape index (κ2) is 11.1. The van der Waals surface area contributed by atoms with Gasteiger partial charge in [-0.2, -0.15) is 0 Å². The molecule has 0 bridgehead atoms. The molecule has 2 aromatic carbocycles. The van der Waals surface area contributed by atoms with Gasteiger partial charge in [0.15, 0.2) is 0 Å². The van der Waals surface area contributed by atoms with Crippen LogP contribution in [-0.4, -0.2) is 51.0 Å². The lowest BCUT2D eigenvalue weighted by atomic mass is 10.1. The number of hydrogen-bond donors (Lipinski definition) is 1. The number of hydrogen-bond acceptors (Lipinski definition) is 4. The molecule has 0 spiro atoms.